The predicted molar refractivity (Wildman–Crippen MR) is 100 cm³/mol. The molecule has 0 saturated heterocycles. The van der Waals surface area contributed by atoms with Crippen LogP contribution in [0.15, 0.2) is 18.2 Å². The number of hydrogen-bond donors (Lipinski definition) is 2. The number of hydrogen-bond acceptors (Lipinski definition) is 3. The van der Waals surface area contributed by atoms with E-state index in [1.165, 1.54) is 16.7 Å². The zero-order valence-electron chi connectivity index (χ0n) is 15.6. The largest absolute Gasteiger partial charge is 0.399 e. The second-order valence-electron chi connectivity index (χ2n) is 7.29. The molecule has 0 bridgehead atoms. The Kier molecular flexibility index (Phi) is 4.84. The van der Waals surface area contributed by atoms with E-state index in [4.69, 9.17) is 5.73 Å². The molecule has 0 spiro atoms. The zero-order chi connectivity index (χ0) is 18.1. The van der Waals surface area contributed by atoms with Gasteiger partial charge in [-0.15, -0.1) is 0 Å². The lowest BCUT2D eigenvalue weighted by Crippen LogP contribution is -2.35. The van der Waals surface area contributed by atoms with Gasteiger partial charge in [0.2, 0.25) is 5.91 Å². The van der Waals surface area contributed by atoms with E-state index in [2.05, 4.69) is 23.4 Å². The maximum absolute atomic E-state index is 12.8. The molecule has 25 heavy (non-hydrogen) atoms. The Bertz CT molecular complexity index is 793. The fourth-order valence-corrected chi connectivity index (χ4v) is 3.81. The number of benzene rings is 1. The van der Waals surface area contributed by atoms with Gasteiger partial charge in [-0.05, 0) is 68.4 Å². The summed E-state index contributed by atoms with van der Waals surface area (Å²) < 4.78 is 1.89. The van der Waals surface area contributed by atoms with Crippen LogP contribution in [0.25, 0.3) is 0 Å². The Labute approximate surface area is 149 Å². The van der Waals surface area contributed by atoms with Crippen LogP contribution in [-0.4, -0.2) is 15.7 Å². The van der Waals surface area contributed by atoms with E-state index in [9.17, 15) is 4.79 Å². The van der Waals surface area contributed by atoms with Gasteiger partial charge >= 0.3 is 0 Å². The fourth-order valence-electron chi connectivity index (χ4n) is 3.81. The minimum absolute atomic E-state index is 0.0826. The van der Waals surface area contributed by atoms with Gasteiger partial charge in [-0.25, -0.2) is 0 Å². The molecule has 2 atom stereocenters. The molecule has 0 fully saturated rings. The van der Waals surface area contributed by atoms with Crippen molar-refractivity contribution in [1.82, 2.24) is 15.1 Å². The van der Waals surface area contributed by atoms with Gasteiger partial charge in [0.1, 0.15) is 0 Å². The third kappa shape index (κ3) is 3.55. The summed E-state index contributed by atoms with van der Waals surface area (Å²) in [5.41, 5.74) is 12.5. The number of nitrogens with two attached hydrogens (primary N) is 1. The second kappa shape index (κ2) is 6.90. The minimum atomic E-state index is -0.0826. The number of amides is 1. The lowest BCUT2D eigenvalue weighted by atomic mass is 9.87. The molecule has 1 aliphatic carbocycles. The molecule has 2 unspecified atom stereocenters. The summed E-state index contributed by atoms with van der Waals surface area (Å²) in [6.45, 7) is 6.06. The highest BCUT2D eigenvalue weighted by molar-refractivity contribution is 5.79. The molecule has 5 heteroatoms. The summed E-state index contributed by atoms with van der Waals surface area (Å²) in [6.07, 6.45) is 3.83. The van der Waals surface area contributed by atoms with Crippen LogP contribution in [0.5, 0.6) is 0 Å². The quantitative estimate of drug-likeness (QED) is 0.840. The lowest BCUT2D eigenvalue weighted by molar-refractivity contribution is -0.125. The summed E-state index contributed by atoms with van der Waals surface area (Å²) in [5, 5.41) is 7.70. The lowest BCUT2D eigenvalue weighted by Gasteiger charge is -2.28. The maximum Gasteiger partial charge on any atom is 0.223 e. The molecule has 0 saturated carbocycles. The third-order valence-electron chi connectivity index (χ3n) is 5.41. The van der Waals surface area contributed by atoms with Crippen LogP contribution >= 0.6 is 0 Å². The number of nitrogens with one attached hydrogen (secondary N) is 1. The Hall–Kier alpha value is -2.30. The van der Waals surface area contributed by atoms with E-state index < -0.39 is 0 Å². The van der Waals surface area contributed by atoms with Gasteiger partial charge in [0.05, 0.1) is 11.7 Å². The van der Waals surface area contributed by atoms with Crippen molar-refractivity contribution in [2.24, 2.45) is 13.0 Å². The number of anilines is 1. The van der Waals surface area contributed by atoms with Crippen molar-refractivity contribution in [1.29, 1.82) is 0 Å². The summed E-state index contributed by atoms with van der Waals surface area (Å²) in [5.74, 6) is 0.0260. The topological polar surface area (TPSA) is 72.9 Å². The number of nitrogens with zero attached hydrogens (tertiary/aromatic N) is 2. The highest BCUT2D eigenvalue weighted by Gasteiger charge is 2.25. The molecule has 1 amide bonds. The Morgan fingerprint density at radius 1 is 1.44 bits per heavy atom. The molecule has 3 N–H and O–H groups in total. The van der Waals surface area contributed by atoms with Crippen molar-refractivity contribution in [2.45, 2.75) is 52.5 Å². The van der Waals surface area contributed by atoms with Gasteiger partial charge in [0.25, 0.3) is 0 Å². The first-order valence-electron chi connectivity index (χ1n) is 9.04. The van der Waals surface area contributed by atoms with E-state index in [0.717, 1.165) is 42.8 Å². The summed E-state index contributed by atoms with van der Waals surface area (Å²) >= 11 is 0. The Morgan fingerprint density at radius 2 is 2.20 bits per heavy atom. The number of carbonyl (C=O) groups excluding carboxylic acids is 1. The first-order chi connectivity index (χ1) is 11.9. The standard InChI is InChI=1S/C20H28N4O/c1-12(10-18-13(2)23-24(4)14(18)3)20(25)22-19-7-5-6-15-11-16(21)8-9-17(15)19/h8-9,11-12,19H,5-7,10,21H2,1-4H3,(H,22,25). The molecule has 5 nitrogen and oxygen atoms in total. The highest BCUT2D eigenvalue weighted by atomic mass is 16.1. The van der Waals surface area contributed by atoms with E-state index in [1.807, 2.05) is 37.7 Å². The molecule has 0 aliphatic heterocycles. The molecule has 1 aromatic carbocycles. The smallest absolute Gasteiger partial charge is 0.223 e. The van der Waals surface area contributed by atoms with E-state index in [1.54, 1.807) is 0 Å². The third-order valence-corrected chi connectivity index (χ3v) is 5.41. The number of nitrogen functional groups attached to an aromatic ring is 1. The summed E-state index contributed by atoms with van der Waals surface area (Å²) in [6, 6.07) is 6.12. The first kappa shape index (κ1) is 17.5. The Morgan fingerprint density at radius 3 is 2.88 bits per heavy atom. The molecule has 1 aliphatic rings. The predicted octanol–water partition coefficient (Wildman–Crippen LogP) is 2.99. The molecule has 1 heterocycles. The SMILES string of the molecule is Cc1nn(C)c(C)c1CC(C)C(=O)NC1CCCc2cc(N)ccc21. The fraction of sp³-hybridized carbons (Fsp3) is 0.500. The van der Waals surface area contributed by atoms with Crippen LogP contribution in [0.3, 0.4) is 0 Å². The maximum atomic E-state index is 12.8. The van der Waals surface area contributed by atoms with Crippen molar-refractivity contribution in [2.75, 3.05) is 5.73 Å². The normalized spacial score (nSPS) is 17.8. The summed E-state index contributed by atoms with van der Waals surface area (Å²) in [4.78, 5) is 12.8. The Balaban J connectivity index is 1.70. The molecule has 3 rings (SSSR count). The van der Waals surface area contributed by atoms with Gasteiger partial charge in [0.15, 0.2) is 0 Å². The van der Waals surface area contributed by atoms with Crippen LogP contribution in [0.2, 0.25) is 0 Å². The molecule has 0 radical (unpaired) electrons. The van der Waals surface area contributed by atoms with Gasteiger partial charge in [-0.3, -0.25) is 9.48 Å². The molecule has 1 aromatic heterocycles. The van der Waals surface area contributed by atoms with E-state index in [0.29, 0.717) is 0 Å². The molecular weight excluding hydrogens is 312 g/mol. The molecular formula is C20H28N4O. The number of aromatic nitrogens is 2. The van der Waals surface area contributed by atoms with Crippen molar-refractivity contribution >= 4 is 11.6 Å². The average molecular weight is 340 g/mol. The number of rotatable bonds is 4. The second-order valence-corrected chi connectivity index (χ2v) is 7.29. The van der Waals surface area contributed by atoms with Crippen LogP contribution < -0.4 is 11.1 Å². The van der Waals surface area contributed by atoms with Gasteiger partial charge in [-0.2, -0.15) is 5.10 Å². The highest BCUT2D eigenvalue weighted by Crippen LogP contribution is 2.31. The monoisotopic (exact) mass is 340 g/mol. The minimum Gasteiger partial charge on any atom is -0.399 e. The van der Waals surface area contributed by atoms with Gasteiger partial charge in [-0.1, -0.05) is 13.0 Å². The van der Waals surface area contributed by atoms with Crippen molar-refractivity contribution in [3.8, 4) is 0 Å². The zero-order valence-corrected chi connectivity index (χ0v) is 15.6. The number of fused-ring (bicyclic) bond motifs is 1. The van der Waals surface area contributed by atoms with Crippen molar-refractivity contribution in [3.63, 3.8) is 0 Å². The van der Waals surface area contributed by atoms with Crippen molar-refractivity contribution < 1.29 is 4.79 Å². The van der Waals surface area contributed by atoms with Crippen molar-refractivity contribution in [3.05, 3.63) is 46.3 Å². The average Bonchev–Trinajstić information content (AvgIpc) is 2.81. The molecule has 134 valence electrons. The van der Waals surface area contributed by atoms with Crippen LogP contribution in [0.4, 0.5) is 5.69 Å². The number of aryl methyl sites for hydroxylation is 3. The molecule has 2 aromatic rings. The van der Waals surface area contributed by atoms with E-state index >= 15 is 0 Å². The van der Waals surface area contributed by atoms with E-state index in [-0.39, 0.29) is 17.9 Å². The van der Waals surface area contributed by atoms with Crippen LogP contribution in [0, 0.1) is 19.8 Å². The van der Waals surface area contributed by atoms with Gasteiger partial charge in [0, 0.05) is 24.3 Å². The first-order valence-corrected chi connectivity index (χ1v) is 9.04. The van der Waals surface area contributed by atoms with Crippen LogP contribution in [0.1, 0.15) is 53.9 Å². The summed E-state index contributed by atoms with van der Waals surface area (Å²) in [7, 11) is 1.95. The number of carbonyl (C=O) groups is 1. The van der Waals surface area contributed by atoms with Gasteiger partial charge < -0.3 is 11.1 Å². The van der Waals surface area contributed by atoms with Crippen LogP contribution in [-0.2, 0) is 24.7 Å².